The Labute approximate surface area is 137 Å². The van der Waals surface area contributed by atoms with E-state index in [1.165, 1.54) is 12.4 Å². The minimum absolute atomic E-state index is 0.351. The van der Waals surface area contributed by atoms with Crippen LogP contribution in [0.2, 0.25) is 0 Å². The van der Waals surface area contributed by atoms with Crippen LogP contribution in [0.1, 0.15) is 6.92 Å². The van der Waals surface area contributed by atoms with Gasteiger partial charge in [-0.15, -0.1) is 11.8 Å². The summed E-state index contributed by atoms with van der Waals surface area (Å²) >= 11 is 1.61. The SMILES string of the molecule is CSc1ccc(O[C@H](C)C(=O)Nc2cnn(CC(F)F)c2)cc1. The topological polar surface area (TPSA) is 56.1 Å². The zero-order valence-electron chi connectivity index (χ0n) is 12.7. The average molecular weight is 341 g/mol. The average Bonchev–Trinajstić information content (AvgIpc) is 2.94. The molecule has 0 spiro atoms. The van der Waals surface area contributed by atoms with Gasteiger partial charge in [-0.3, -0.25) is 9.48 Å². The molecular formula is C15H17F2N3O2S. The van der Waals surface area contributed by atoms with Crippen molar-refractivity contribution in [2.75, 3.05) is 11.6 Å². The molecule has 0 aliphatic rings. The smallest absolute Gasteiger partial charge is 0.265 e. The van der Waals surface area contributed by atoms with E-state index in [1.54, 1.807) is 30.8 Å². The Morgan fingerprint density at radius 3 is 2.70 bits per heavy atom. The summed E-state index contributed by atoms with van der Waals surface area (Å²) in [7, 11) is 0. The number of amides is 1. The first-order chi connectivity index (χ1) is 11.0. The first kappa shape index (κ1) is 17.3. The Morgan fingerprint density at radius 2 is 2.09 bits per heavy atom. The van der Waals surface area contributed by atoms with Crippen molar-refractivity contribution >= 4 is 23.4 Å². The molecule has 1 aromatic carbocycles. The number of alkyl halides is 2. The van der Waals surface area contributed by atoms with Crippen molar-refractivity contribution in [2.45, 2.75) is 30.9 Å². The van der Waals surface area contributed by atoms with Gasteiger partial charge in [-0.05, 0) is 37.4 Å². The molecule has 1 amide bonds. The summed E-state index contributed by atoms with van der Waals surface area (Å²) in [6.07, 6.45) is 1.42. The maximum Gasteiger partial charge on any atom is 0.265 e. The number of carbonyl (C=O) groups is 1. The number of nitrogens with one attached hydrogen (secondary N) is 1. The second-order valence-corrected chi connectivity index (χ2v) is 5.65. The molecule has 124 valence electrons. The lowest BCUT2D eigenvalue weighted by Gasteiger charge is -2.14. The third-order valence-electron chi connectivity index (χ3n) is 2.97. The molecule has 2 aromatic rings. The van der Waals surface area contributed by atoms with E-state index >= 15 is 0 Å². The molecule has 5 nitrogen and oxygen atoms in total. The summed E-state index contributed by atoms with van der Waals surface area (Å²) in [5, 5.41) is 6.33. The van der Waals surface area contributed by atoms with Crippen LogP contribution < -0.4 is 10.1 Å². The summed E-state index contributed by atoms with van der Waals surface area (Å²) in [6.45, 7) is 1.10. The normalized spacial score (nSPS) is 12.2. The molecular weight excluding hydrogens is 324 g/mol. The fourth-order valence-electron chi connectivity index (χ4n) is 1.83. The Bertz CT molecular complexity index is 646. The molecule has 1 aromatic heterocycles. The van der Waals surface area contributed by atoms with E-state index < -0.39 is 19.1 Å². The first-order valence-electron chi connectivity index (χ1n) is 6.90. The zero-order chi connectivity index (χ0) is 16.8. The van der Waals surface area contributed by atoms with Gasteiger partial charge < -0.3 is 10.1 Å². The maximum absolute atomic E-state index is 12.2. The molecule has 0 saturated heterocycles. The van der Waals surface area contributed by atoms with E-state index in [9.17, 15) is 13.6 Å². The molecule has 0 saturated carbocycles. The van der Waals surface area contributed by atoms with Gasteiger partial charge in [0.1, 0.15) is 12.3 Å². The predicted molar refractivity (Wildman–Crippen MR) is 85.2 cm³/mol. The number of carbonyl (C=O) groups excluding carboxylic acids is 1. The minimum atomic E-state index is -2.50. The molecule has 1 N–H and O–H groups in total. The van der Waals surface area contributed by atoms with E-state index in [1.807, 2.05) is 18.4 Å². The zero-order valence-corrected chi connectivity index (χ0v) is 13.5. The summed E-state index contributed by atoms with van der Waals surface area (Å²) in [5.41, 5.74) is 0.351. The van der Waals surface area contributed by atoms with Gasteiger partial charge in [0.15, 0.2) is 6.10 Å². The highest BCUT2D eigenvalue weighted by Crippen LogP contribution is 2.20. The van der Waals surface area contributed by atoms with Gasteiger partial charge in [-0.2, -0.15) is 5.10 Å². The van der Waals surface area contributed by atoms with Gasteiger partial charge in [0.05, 0.1) is 11.9 Å². The summed E-state index contributed by atoms with van der Waals surface area (Å²) in [4.78, 5) is 13.1. The Kier molecular flexibility index (Phi) is 5.97. The third-order valence-corrected chi connectivity index (χ3v) is 3.71. The van der Waals surface area contributed by atoms with Crippen LogP contribution in [-0.4, -0.2) is 34.5 Å². The maximum atomic E-state index is 12.2. The summed E-state index contributed by atoms with van der Waals surface area (Å²) in [5.74, 6) is 0.203. The van der Waals surface area contributed by atoms with Crippen LogP contribution in [0, 0.1) is 0 Å². The molecule has 0 bridgehead atoms. The number of ether oxygens (including phenoxy) is 1. The van der Waals surface area contributed by atoms with Crippen molar-refractivity contribution < 1.29 is 18.3 Å². The number of halogens is 2. The lowest BCUT2D eigenvalue weighted by atomic mass is 10.3. The fraction of sp³-hybridized carbons (Fsp3) is 0.333. The number of anilines is 1. The van der Waals surface area contributed by atoms with E-state index in [-0.39, 0.29) is 5.91 Å². The number of nitrogens with zero attached hydrogens (tertiary/aromatic N) is 2. The van der Waals surface area contributed by atoms with Crippen molar-refractivity contribution in [3.63, 3.8) is 0 Å². The second kappa shape index (κ2) is 7.96. The highest BCUT2D eigenvalue weighted by Gasteiger charge is 2.16. The van der Waals surface area contributed by atoms with E-state index in [2.05, 4.69) is 10.4 Å². The lowest BCUT2D eigenvalue weighted by molar-refractivity contribution is -0.122. The van der Waals surface area contributed by atoms with Gasteiger partial charge in [-0.1, -0.05) is 0 Å². The Hall–Kier alpha value is -2.09. The van der Waals surface area contributed by atoms with Crippen LogP contribution >= 0.6 is 11.8 Å². The van der Waals surface area contributed by atoms with E-state index in [4.69, 9.17) is 4.74 Å². The highest BCUT2D eigenvalue weighted by atomic mass is 32.2. The summed E-state index contributed by atoms with van der Waals surface area (Å²) < 4.78 is 31.1. The fourth-order valence-corrected chi connectivity index (χ4v) is 2.23. The largest absolute Gasteiger partial charge is 0.481 e. The summed E-state index contributed by atoms with van der Waals surface area (Å²) in [6, 6.07) is 7.38. The monoisotopic (exact) mass is 341 g/mol. The number of aromatic nitrogens is 2. The van der Waals surface area contributed by atoms with Gasteiger partial charge in [0, 0.05) is 11.1 Å². The predicted octanol–water partition coefficient (Wildman–Crippen LogP) is 3.28. The molecule has 0 fully saturated rings. The van der Waals surface area contributed by atoms with Crippen LogP contribution in [0.3, 0.4) is 0 Å². The number of hydrogen-bond acceptors (Lipinski definition) is 4. The van der Waals surface area contributed by atoms with Crippen molar-refractivity contribution in [2.24, 2.45) is 0 Å². The third kappa shape index (κ3) is 5.24. The van der Waals surface area contributed by atoms with Crippen molar-refractivity contribution in [1.82, 2.24) is 9.78 Å². The molecule has 1 heterocycles. The van der Waals surface area contributed by atoms with Crippen LogP contribution in [0.15, 0.2) is 41.6 Å². The Balaban J connectivity index is 1.90. The van der Waals surface area contributed by atoms with Crippen LogP contribution in [-0.2, 0) is 11.3 Å². The Morgan fingerprint density at radius 1 is 1.39 bits per heavy atom. The van der Waals surface area contributed by atoms with Crippen LogP contribution in [0.25, 0.3) is 0 Å². The number of hydrogen-bond donors (Lipinski definition) is 1. The molecule has 8 heteroatoms. The molecule has 23 heavy (non-hydrogen) atoms. The molecule has 0 unspecified atom stereocenters. The first-order valence-corrected chi connectivity index (χ1v) is 8.12. The van der Waals surface area contributed by atoms with Gasteiger partial charge >= 0.3 is 0 Å². The number of rotatable bonds is 7. The molecule has 0 aliphatic carbocycles. The van der Waals surface area contributed by atoms with Gasteiger partial charge in [-0.25, -0.2) is 8.78 Å². The van der Waals surface area contributed by atoms with Crippen LogP contribution in [0.5, 0.6) is 5.75 Å². The highest BCUT2D eigenvalue weighted by molar-refractivity contribution is 7.98. The quantitative estimate of drug-likeness (QED) is 0.785. The van der Waals surface area contributed by atoms with Crippen LogP contribution in [0.4, 0.5) is 14.5 Å². The second-order valence-electron chi connectivity index (χ2n) is 4.77. The van der Waals surface area contributed by atoms with Gasteiger partial charge in [0.25, 0.3) is 12.3 Å². The van der Waals surface area contributed by atoms with Crippen molar-refractivity contribution in [1.29, 1.82) is 0 Å². The molecule has 1 atom stereocenters. The van der Waals surface area contributed by atoms with Crippen molar-refractivity contribution in [3.8, 4) is 5.75 Å². The lowest BCUT2D eigenvalue weighted by Crippen LogP contribution is -2.30. The van der Waals surface area contributed by atoms with E-state index in [0.29, 0.717) is 11.4 Å². The van der Waals surface area contributed by atoms with Gasteiger partial charge in [0.2, 0.25) is 0 Å². The van der Waals surface area contributed by atoms with Crippen molar-refractivity contribution in [3.05, 3.63) is 36.7 Å². The molecule has 0 aliphatic heterocycles. The minimum Gasteiger partial charge on any atom is -0.481 e. The molecule has 2 rings (SSSR count). The molecule has 0 radical (unpaired) electrons. The number of benzene rings is 1. The standard InChI is InChI=1S/C15H17F2N3O2S/c1-10(22-12-3-5-13(23-2)6-4-12)15(21)19-11-7-18-20(8-11)9-14(16)17/h3-8,10,14H,9H2,1-2H3,(H,19,21)/t10-/m1/s1. The van der Waals surface area contributed by atoms with E-state index in [0.717, 1.165) is 9.58 Å². The number of thioether (sulfide) groups is 1.